The highest BCUT2D eigenvalue weighted by Crippen LogP contribution is 2.19. The molecule has 1 fully saturated rings. The summed E-state index contributed by atoms with van der Waals surface area (Å²) in [5.74, 6) is -1.13. The van der Waals surface area contributed by atoms with Gasteiger partial charge in [0.1, 0.15) is 6.54 Å². The molecule has 0 atom stereocenters. The Bertz CT molecular complexity index is 334. The van der Waals surface area contributed by atoms with Crippen LogP contribution in [0.5, 0.6) is 0 Å². The first-order valence-electron chi connectivity index (χ1n) is 5.27. The molecule has 0 saturated carbocycles. The Morgan fingerprint density at radius 1 is 1.44 bits per heavy atom. The fourth-order valence-corrected chi connectivity index (χ4v) is 3.58. The van der Waals surface area contributed by atoms with Gasteiger partial charge < -0.3 is 9.84 Å². The first-order valence-corrected chi connectivity index (χ1v) is 6.77. The summed E-state index contributed by atoms with van der Waals surface area (Å²) in [5, 5.41) is 8.15. The van der Waals surface area contributed by atoms with Gasteiger partial charge in [0.05, 0.1) is 5.25 Å². The summed E-state index contributed by atoms with van der Waals surface area (Å²) in [4.78, 5) is 10.6. The molecule has 0 aromatic rings. The van der Waals surface area contributed by atoms with Crippen LogP contribution in [-0.4, -0.2) is 55.4 Å². The molecule has 1 heterocycles. The fraction of sp³-hybridized carbons (Fsp3) is 0.889. The minimum absolute atomic E-state index is 0.186. The molecular formula is C9H17NO5S. The summed E-state index contributed by atoms with van der Waals surface area (Å²) in [7, 11) is -3.50. The molecule has 94 valence electrons. The van der Waals surface area contributed by atoms with Crippen LogP contribution in [0.1, 0.15) is 19.8 Å². The molecule has 0 radical (unpaired) electrons. The largest absolute Gasteiger partial charge is 0.480 e. The lowest BCUT2D eigenvalue weighted by molar-refractivity contribution is -0.137. The van der Waals surface area contributed by atoms with E-state index in [9.17, 15) is 13.2 Å². The predicted octanol–water partition coefficient (Wildman–Crippen LogP) is -0.0983. The molecule has 0 unspecified atom stereocenters. The summed E-state index contributed by atoms with van der Waals surface area (Å²) >= 11 is 0. The van der Waals surface area contributed by atoms with E-state index in [4.69, 9.17) is 9.84 Å². The number of carboxylic acid groups (broad SMARTS) is 1. The van der Waals surface area contributed by atoms with Crippen LogP contribution in [0.2, 0.25) is 0 Å². The lowest BCUT2D eigenvalue weighted by atomic mass is 10.2. The topological polar surface area (TPSA) is 83.9 Å². The minimum atomic E-state index is -3.50. The van der Waals surface area contributed by atoms with E-state index < -0.39 is 27.8 Å². The quantitative estimate of drug-likeness (QED) is 0.737. The Hall–Kier alpha value is -0.660. The van der Waals surface area contributed by atoms with E-state index in [1.165, 1.54) is 0 Å². The smallest absolute Gasteiger partial charge is 0.318 e. The third-order valence-corrected chi connectivity index (χ3v) is 5.03. The predicted molar refractivity (Wildman–Crippen MR) is 57.6 cm³/mol. The van der Waals surface area contributed by atoms with Crippen LogP contribution in [0.4, 0.5) is 0 Å². The summed E-state index contributed by atoms with van der Waals surface area (Å²) < 4.78 is 30.2. The van der Waals surface area contributed by atoms with Crippen LogP contribution in [0.3, 0.4) is 0 Å². The third-order valence-electron chi connectivity index (χ3n) is 2.61. The van der Waals surface area contributed by atoms with Crippen LogP contribution in [0, 0.1) is 0 Å². The number of aliphatic carboxylic acids is 1. The van der Waals surface area contributed by atoms with Gasteiger partial charge in [-0.25, -0.2) is 8.42 Å². The molecule has 0 aromatic heterocycles. The first kappa shape index (κ1) is 13.4. The van der Waals surface area contributed by atoms with E-state index in [1.54, 1.807) is 6.92 Å². The maximum Gasteiger partial charge on any atom is 0.318 e. The Kier molecular flexibility index (Phi) is 4.69. The van der Waals surface area contributed by atoms with Crippen molar-refractivity contribution in [2.75, 3.05) is 26.3 Å². The van der Waals surface area contributed by atoms with Crippen molar-refractivity contribution in [3.05, 3.63) is 0 Å². The van der Waals surface area contributed by atoms with Crippen LogP contribution in [0.15, 0.2) is 0 Å². The van der Waals surface area contributed by atoms with E-state index in [1.807, 2.05) is 0 Å². The summed E-state index contributed by atoms with van der Waals surface area (Å²) in [5.41, 5.74) is 0. The van der Waals surface area contributed by atoms with Gasteiger partial charge >= 0.3 is 5.97 Å². The fourth-order valence-electron chi connectivity index (χ4n) is 1.72. The number of likely N-dealkylation sites (N-methyl/N-ethyl adjacent to an activating group) is 1. The monoisotopic (exact) mass is 251 g/mol. The van der Waals surface area contributed by atoms with Crippen molar-refractivity contribution in [1.29, 1.82) is 0 Å². The molecule has 1 aliphatic heterocycles. The normalized spacial score (nSPS) is 18.9. The Morgan fingerprint density at radius 2 is 2.00 bits per heavy atom. The SMILES string of the molecule is CCN(CC(=O)O)S(=O)(=O)C1CCOCC1. The van der Waals surface area contributed by atoms with Crippen LogP contribution in [-0.2, 0) is 19.6 Å². The Balaban J connectivity index is 2.76. The number of carboxylic acids is 1. The molecule has 0 bridgehead atoms. The second kappa shape index (κ2) is 5.60. The second-order valence-electron chi connectivity index (χ2n) is 3.68. The van der Waals surface area contributed by atoms with Crippen molar-refractivity contribution < 1.29 is 23.1 Å². The maximum atomic E-state index is 12.1. The zero-order valence-electron chi connectivity index (χ0n) is 9.26. The lowest BCUT2D eigenvalue weighted by Crippen LogP contribution is -2.43. The highest BCUT2D eigenvalue weighted by atomic mass is 32.2. The van der Waals surface area contributed by atoms with Gasteiger partial charge in [0, 0.05) is 19.8 Å². The number of sulfonamides is 1. The zero-order valence-corrected chi connectivity index (χ0v) is 10.1. The van der Waals surface area contributed by atoms with Gasteiger partial charge in [-0.2, -0.15) is 4.31 Å². The number of hydrogen-bond acceptors (Lipinski definition) is 4. The Morgan fingerprint density at radius 3 is 2.44 bits per heavy atom. The van der Waals surface area contributed by atoms with Crippen molar-refractivity contribution in [1.82, 2.24) is 4.31 Å². The minimum Gasteiger partial charge on any atom is -0.480 e. The standard InChI is InChI=1S/C9H17NO5S/c1-2-10(7-9(11)12)16(13,14)8-3-5-15-6-4-8/h8H,2-7H2,1H3,(H,11,12). The van der Waals surface area contributed by atoms with E-state index in [0.717, 1.165) is 4.31 Å². The van der Waals surface area contributed by atoms with Crippen molar-refractivity contribution >= 4 is 16.0 Å². The van der Waals surface area contributed by atoms with E-state index in [0.29, 0.717) is 26.1 Å². The molecule has 1 saturated heterocycles. The van der Waals surface area contributed by atoms with Gasteiger partial charge in [-0.1, -0.05) is 6.92 Å². The average Bonchev–Trinajstić information content (AvgIpc) is 2.26. The molecule has 1 rings (SSSR count). The lowest BCUT2D eigenvalue weighted by Gasteiger charge is -2.27. The molecule has 0 aliphatic carbocycles. The van der Waals surface area contributed by atoms with Crippen LogP contribution >= 0.6 is 0 Å². The van der Waals surface area contributed by atoms with Crippen molar-refractivity contribution in [2.45, 2.75) is 25.0 Å². The van der Waals surface area contributed by atoms with E-state index in [-0.39, 0.29) is 6.54 Å². The number of hydrogen-bond donors (Lipinski definition) is 1. The molecule has 1 aliphatic rings. The van der Waals surface area contributed by atoms with Gasteiger partial charge in [-0.05, 0) is 12.8 Å². The summed E-state index contributed by atoms with van der Waals surface area (Å²) in [6.45, 7) is 2.21. The number of rotatable bonds is 5. The zero-order chi connectivity index (χ0) is 12.2. The van der Waals surface area contributed by atoms with Crippen molar-refractivity contribution in [3.8, 4) is 0 Å². The molecular weight excluding hydrogens is 234 g/mol. The van der Waals surface area contributed by atoms with Crippen LogP contribution in [0.25, 0.3) is 0 Å². The summed E-state index contributed by atoms with van der Waals surface area (Å²) in [6.07, 6.45) is 0.886. The molecule has 16 heavy (non-hydrogen) atoms. The second-order valence-corrected chi connectivity index (χ2v) is 5.89. The highest BCUT2D eigenvalue weighted by molar-refractivity contribution is 7.89. The van der Waals surface area contributed by atoms with E-state index >= 15 is 0 Å². The van der Waals surface area contributed by atoms with Gasteiger partial charge in [0.2, 0.25) is 10.0 Å². The van der Waals surface area contributed by atoms with Crippen molar-refractivity contribution in [3.63, 3.8) is 0 Å². The molecule has 7 heteroatoms. The van der Waals surface area contributed by atoms with Gasteiger partial charge in [0.15, 0.2) is 0 Å². The average molecular weight is 251 g/mol. The van der Waals surface area contributed by atoms with Gasteiger partial charge in [-0.3, -0.25) is 4.79 Å². The maximum absolute atomic E-state index is 12.1. The van der Waals surface area contributed by atoms with Gasteiger partial charge in [0.25, 0.3) is 0 Å². The number of ether oxygens (including phenoxy) is 1. The number of carbonyl (C=O) groups is 1. The first-order chi connectivity index (χ1) is 7.48. The molecule has 0 spiro atoms. The van der Waals surface area contributed by atoms with Crippen molar-refractivity contribution in [2.24, 2.45) is 0 Å². The van der Waals surface area contributed by atoms with Crippen LogP contribution < -0.4 is 0 Å². The van der Waals surface area contributed by atoms with E-state index in [2.05, 4.69) is 0 Å². The number of nitrogens with zero attached hydrogens (tertiary/aromatic N) is 1. The summed E-state index contributed by atoms with van der Waals surface area (Å²) in [6, 6.07) is 0. The molecule has 0 amide bonds. The highest BCUT2D eigenvalue weighted by Gasteiger charge is 2.33. The third kappa shape index (κ3) is 3.16. The Labute approximate surface area is 95.2 Å². The molecule has 6 nitrogen and oxygen atoms in total. The molecule has 0 aromatic carbocycles. The van der Waals surface area contributed by atoms with Gasteiger partial charge in [-0.15, -0.1) is 0 Å². The molecule has 1 N–H and O–H groups in total.